The predicted octanol–water partition coefficient (Wildman–Crippen LogP) is 3.03. The fraction of sp³-hybridized carbons (Fsp3) is 0.100. The summed E-state index contributed by atoms with van der Waals surface area (Å²) in [5, 5.41) is 15.9. The summed E-state index contributed by atoms with van der Waals surface area (Å²) in [5.74, 6) is -0.471. The van der Waals surface area contributed by atoms with Crippen molar-refractivity contribution in [2.75, 3.05) is 11.9 Å². The minimum Gasteiger partial charge on any atom is -0.394 e. The Hall–Kier alpha value is -3.16. The van der Waals surface area contributed by atoms with Crippen LogP contribution in [-0.4, -0.2) is 28.5 Å². The first-order valence-corrected chi connectivity index (χ1v) is 9.24. The number of anilines is 1. The zero-order chi connectivity index (χ0) is 18.8. The number of aliphatic hydroxyl groups is 1. The number of thiophene rings is 1. The largest absolute Gasteiger partial charge is 0.394 e. The van der Waals surface area contributed by atoms with E-state index in [4.69, 9.17) is 0 Å². The van der Waals surface area contributed by atoms with Gasteiger partial charge in [0.2, 0.25) is 0 Å². The maximum Gasteiger partial charge on any atom is 0.262 e. The van der Waals surface area contributed by atoms with Gasteiger partial charge in [0.25, 0.3) is 11.8 Å². The van der Waals surface area contributed by atoms with E-state index in [0.29, 0.717) is 21.0 Å². The van der Waals surface area contributed by atoms with E-state index in [2.05, 4.69) is 15.6 Å². The molecule has 0 saturated carbocycles. The maximum atomic E-state index is 12.6. The molecule has 4 N–H and O–H groups in total. The molecule has 3 aromatic rings. The van der Waals surface area contributed by atoms with Crippen LogP contribution in [0, 0.1) is 0 Å². The number of carbonyl (C=O) groups excluding carboxylic acids is 2. The maximum absolute atomic E-state index is 12.6. The number of benzene rings is 1. The van der Waals surface area contributed by atoms with Crippen molar-refractivity contribution >= 4 is 39.8 Å². The number of fused-ring (bicyclic) bond motifs is 1. The van der Waals surface area contributed by atoms with Gasteiger partial charge in [-0.3, -0.25) is 9.59 Å². The highest BCUT2D eigenvalue weighted by molar-refractivity contribution is 7.18. The number of rotatable bonds is 5. The van der Waals surface area contributed by atoms with E-state index >= 15 is 0 Å². The highest BCUT2D eigenvalue weighted by Gasteiger charge is 2.29. The molecule has 0 spiro atoms. The second-order valence-electron chi connectivity index (χ2n) is 6.11. The summed E-state index contributed by atoms with van der Waals surface area (Å²) >= 11 is 1.22. The average Bonchev–Trinajstić information content (AvgIpc) is 3.39. The summed E-state index contributed by atoms with van der Waals surface area (Å²) in [5.41, 5.74) is 2.88. The van der Waals surface area contributed by atoms with Crippen LogP contribution >= 0.6 is 11.3 Å². The topological polar surface area (TPSA) is 94.2 Å². The van der Waals surface area contributed by atoms with Gasteiger partial charge in [0, 0.05) is 17.5 Å². The summed E-state index contributed by atoms with van der Waals surface area (Å²) in [4.78, 5) is 28.4. The van der Waals surface area contributed by atoms with Crippen LogP contribution in [0.25, 0.3) is 11.6 Å². The fourth-order valence-corrected chi connectivity index (χ4v) is 3.94. The van der Waals surface area contributed by atoms with E-state index in [0.717, 1.165) is 11.3 Å². The van der Waals surface area contributed by atoms with Gasteiger partial charge in [-0.25, -0.2) is 0 Å². The molecular weight excluding hydrogens is 362 g/mol. The van der Waals surface area contributed by atoms with Gasteiger partial charge < -0.3 is 20.7 Å². The normalized spacial score (nSPS) is 15.4. The molecule has 0 saturated heterocycles. The SMILES string of the molecule is O=C1Nc2sc(C(=O)NC(CO)c3ccccc3)cc2/C1=C/c1ccc[nH]1. The van der Waals surface area contributed by atoms with Crippen LogP contribution in [-0.2, 0) is 4.79 Å². The smallest absolute Gasteiger partial charge is 0.262 e. The predicted molar refractivity (Wildman–Crippen MR) is 105 cm³/mol. The Morgan fingerprint density at radius 2 is 2.04 bits per heavy atom. The zero-order valence-corrected chi connectivity index (χ0v) is 15.0. The summed E-state index contributed by atoms with van der Waals surface area (Å²) < 4.78 is 0. The number of amides is 2. The third kappa shape index (κ3) is 3.42. The number of hydrogen-bond donors (Lipinski definition) is 4. The Balaban J connectivity index is 1.57. The average molecular weight is 379 g/mol. The molecule has 136 valence electrons. The molecule has 0 fully saturated rings. The molecule has 4 rings (SSSR count). The van der Waals surface area contributed by atoms with E-state index < -0.39 is 6.04 Å². The fourth-order valence-electron chi connectivity index (χ4n) is 2.97. The number of H-pyrrole nitrogens is 1. The van der Waals surface area contributed by atoms with Crippen molar-refractivity contribution in [3.63, 3.8) is 0 Å². The quantitative estimate of drug-likeness (QED) is 0.513. The van der Waals surface area contributed by atoms with Gasteiger partial charge >= 0.3 is 0 Å². The minimum absolute atomic E-state index is 0.185. The van der Waals surface area contributed by atoms with Crippen molar-refractivity contribution in [2.24, 2.45) is 0 Å². The van der Waals surface area contributed by atoms with E-state index in [1.54, 1.807) is 18.3 Å². The van der Waals surface area contributed by atoms with Gasteiger partial charge in [0.05, 0.1) is 23.1 Å². The molecule has 3 heterocycles. The summed E-state index contributed by atoms with van der Waals surface area (Å²) in [6.45, 7) is -0.199. The van der Waals surface area contributed by atoms with Crippen molar-refractivity contribution in [2.45, 2.75) is 6.04 Å². The summed E-state index contributed by atoms with van der Waals surface area (Å²) in [6.07, 6.45) is 3.54. The number of hydrogen-bond acceptors (Lipinski definition) is 4. The zero-order valence-electron chi connectivity index (χ0n) is 14.2. The standard InChI is InChI=1S/C20H17N3O3S/c24-11-16(12-5-2-1-3-6-12)22-19(26)17-10-15-14(9-13-7-4-8-21-13)18(25)23-20(15)27-17/h1-10,16,21,24H,11H2,(H,22,26)(H,23,25)/b14-9-. The first kappa shape index (κ1) is 17.3. The molecule has 0 aliphatic carbocycles. The lowest BCUT2D eigenvalue weighted by molar-refractivity contribution is -0.110. The van der Waals surface area contributed by atoms with Gasteiger partial charge in [-0.1, -0.05) is 30.3 Å². The molecule has 1 aromatic carbocycles. The minimum atomic E-state index is -0.487. The number of aromatic nitrogens is 1. The van der Waals surface area contributed by atoms with Crippen molar-refractivity contribution in [3.05, 3.63) is 76.4 Å². The Kier molecular flexibility index (Phi) is 4.62. The Morgan fingerprint density at radius 1 is 1.22 bits per heavy atom. The molecule has 0 bridgehead atoms. The molecule has 1 aliphatic rings. The lowest BCUT2D eigenvalue weighted by Gasteiger charge is -2.16. The molecule has 6 nitrogen and oxygen atoms in total. The van der Waals surface area contributed by atoms with E-state index in [-0.39, 0.29) is 18.4 Å². The second kappa shape index (κ2) is 7.22. The van der Waals surface area contributed by atoms with E-state index in [1.807, 2.05) is 42.5 Å². The Morgan fingerprint density at radius 3 is 2.74 bits per heavy atom. The summed E-state index contributed by atoms with van der Waals surface area (Å²) in [7, 11) is 0. The molecular formula is C20H17N3O3S. The summed E-state index contributed by atoms with van der Waals surface area (Å²) in [6, 6.07) is 14.2. The number of aromatic amines is 1. The number of carbonyl (C=O) groups is 2. The molecule has 1 unspecified atom stereocenters. The van der Waals surface area contributed by atoms with Crippen LogP contribution in [0.2, 0.25) is 0 Å². The Bertz CT molecular complexity index is 1010. The van der Waals surface area contributed by atoms with Crippen molar-refractivity contribution < 1.29 is 14.7 Å². The molecule has 1 atom stereocenters. The lowest BCUT2D eigenvalue weighted by atomic mass is 10.1. The van der Waals surface area contributed by atoms with Gasteiger partial charge in [0.15, 0.2) is 0 Å². The van der Waals surface area contributed by atoms with Gasteiger partial charge in [-0.15, -0.1) is 11.3 Å². The number of nitrogens with one attached hydrogen (secondary N) is 3. The third-order valence-electron chi connectivity index (χ3n) is 4.33. The lowest BCUT2D eigenvalue weighted by Crippen LogP contribution is -2.30. The van der Waals surface area contributed by atoms with Gasteiger partial charge in [-0.05, 0) is 29.8 Å². The molecule has 2 amide bonds. The molecule has 1 aliphatic heterocycles. The third-order valence-corrected chi connectivity index (χ3v) is 5.38. The van der Waals surface area contributed by atoms with Crippen LogP contribution in [0.15, 0.2) is 54.7 Å². The van der Waals surface area contributed by atoms with Gasteiger partial charge in [-0.2, -0.15) is 0 Å². The van der Waals surface area contributed by atoms with Crippen molar-refractivity contribution in [1.29, 1.82) is 0 Å². The number of aliphatic hydroxyl groups excluding tert-OH is 1. The highest BCUT2D eigenvalue weighted by Crippen LogP contribution is 2.39. The molecule has 27 heavy (non-hydrogen) atoms. The molecule has 0 radical (unpaired) electrons. The van der Waals surface area contributed by atoms with Gasteiger partial charge in [0.1, 0.15) is 5.00 Å². The van der Waals surface area contributed by atoms with E-state index in [9.17, 15) is 14.7 Å². The molecule has 2 aromatic heterocycles. The first-order chi connectivity index (χ1) is 13.2. The van der Waals surface area contributed by atoms with Crippen LogP contribution in [0.1, 0.15) is 32.5 Å². The molecule has 7 heteroatoms. The van der Waals surface area contributed by atoms with Crippen LogP contribution in [0.3, 0.4) is 0 Å². The van der Waals surface area contributed by atoms with Crippen molar-refractivity contribution in [3.8, 4) is 0 Å². The van der Waals surface area contributed by atoms with E-state index in [1.165, 1.54) is 11.3 Å². The van der Waals surface area contributed by atoms with Crippen LogP contribution in [0.5, 0.6) is 0 Å². The monoisotopic (exact) mass is 379 g/mol. The first-order valence-electron chi connectivity index (χ1n) is 8.43. The van der Waals surface area contributed by atoms with Crippen molar-refractivity contribution in [1.82, 2.24) is 10.3 Å². The highest BCUT2D eigenvalue weighted by atomic mass is 32.1. The van der Waals surface area contributed by atoms with Crippen LogP contribution in [0.4, 0.5) is 5.00 Å². The van der Waals surface area contributed by atoms with Crippen LogP contribution < -0.4 is 10.6 Å². The second-order valence-corrected chi connectivity index (χ2v) is 7.16. The Labute approximate surface area is 159 Å².